The van der Waals surface area contributed by atoms with E-state index in [1.54, 1.807) is 0 Å². The van der Waals surface area contributed by atoms with Crippen LogP contribution in [-0.2, 0) is 6.61 Å². The highest BCUT2D eigenvalue weighted by molar-refractivity contribution is 7.37. The number of nitrogens with zero attached hydrogens (tertiary/aromatic N) is 2. The molecule has 0 amide bonds. The van der Waals surface area contributed by atoms with Crippen LogP contribution in [0.4, 0.5) is 0 Å². The molecule has 0 aromatic carbocycles. The second-order valence-electron chi connectivity index (χ2n) is 3.48. The summed E-state index contributed by atoms with van der Waals surface area (Å²) >= 11 is 0. The van der Waals surface area contributed by atoms with Crippen LogP contribution in [0, 0.1) is 0 Å². The first-order valence-electron chi connectivity index (χ1n) is 4.79. The molecule has 5 nitrogen and oxygen atoms in total. The molecule has 1 aromatic heterocycles. The van der Waals surface area contributed by atoms with Crippen LogP contribution in [0.1, 0.15) is 18.5 Å². The SMILES string of the molecule is COc1cc(CO)nn(PC2CC2)c1=O. The first kappa shape index (κ1) is 10.6. The lowest BCUT2D eigenvalue weighted by Gasteiger charge is -2.07. The molecule has 1 N–H and O–H groups in total. The summed E-state index contributed by atoms with van der Waals surface area (Å²) in [6.07, 6.45) is 2.33. The van der Waals surface area contributed by atoms with Gasteiger partial charge in [-0.05, 0) is 18.5 Å². The summed E-state index contributed by atoms with van der Waals surface area (Å²) in [5.74, 6) is 0.252. The van der Waals surface area contributed by atoms with Crippen molar-refractivity contribution in [3.63, 3.8) is 0 Å². The monoisotopic (exact) mass is 228 g/mol. The lowest BCUT2D eigenvalue weighted by atomic mass is 10.4. The molecule has 1 aliphatic carbocycles. The van der Waals surface area contributed by atoms with Crippen molar-refractivity contribution >= 4 is 8.73 Å². The molecule has 0 saturated heterocycles. The fourth-order valence-corrected chi connectivity index (χ4v) is 2.40. The van der Waals surface area contributed by atoms with Gasteiger partial charge in [-0.25, -0.2) is 4.45 Å². The summed E-state index contributed by atoms with van der Waals surface area (Å²) in [6, 6.07) is 1.48. The highest BCUT2D eigenvalue weighted by Gasteiger charge is 2.23. The Morgan fingerprint density at radius 2 is 2.47 bits per heavy atom. The number of aromatic nitrogens is 2. The Balaban J connectivity index is 2.36. The molecule has 1 fully saturated rings. The summed E-state index contributed by atoms with van der Waals surface area (Å²) in [5.41, 5.74) is 0.855. The molecule has 0 bridgehead atoms. The van der Waals surface area contributed by atoms with Gasteiger partial charge >= 0.3 is 5.56 Å². The van der Waals surface area contributed by atoms with E-state index in [-0.39, 0.29) is 17.9 Å². The molecule has 0 spiro atoms. The van der Waals surface area contributed by atoms with Gasteiger partial charge in [-0.15, -0.1) is 0 Å². The van der Waals surface area contributed by atoms with Crippen LogP contribution >= 0.6 is 8.73 Å². The predicted octanol–water partition coefficient (Wildman–Crippen LogP) is 0.348. The lowest BCUT2D eigenvalue weighted by molar-refractivity contribution is 0.273. The van der Waals surface area contributed by atoms with E-state index in [4.69, 9.17) is 9.84 Å². The molecule has 1 saturated carbocycles. The molecule has 0 radical (unpaired) electrons. The third-order valence-electron chi connectivity index (χ3n) is 2.19. The number of ether oxygens (including phenoxy) is 1. The second kappa shape index (κ2) is 4.29. The van der Waals surface area contributed by atoms with Crippen LogP contribution < -0.4 is 10.3 Å². The van der Waals surface area contributed by atoms with Crippen molar-refractivity contribution < 1.29 is 9.84 Å². The maximum Gasteiger partial charge on any atom is 0.312 e. The number of aliphatic hydroxyl groups excluding tert-OH is 1. The first-order valence-corrected chi connectivity index (χ1v) is 5.81. The minimum Gasteiger partial charge on any atom is -0.491 e. The predicted molar refractivity (Wildman–Crippen MR) is 57.7 cm³/mol. The molecule has 6 heteroatoms. The summed E-state index contributed by atoms with van der Waals surface area (Å²) < 4.78 is 6.37. The van der Waals surface area contributed by atoms with E-state index in [2.05, 4.69) is 5.10 Å². The first-order chi connectivity index (χ1) is 7.24. The lowest BCUT2D eigenvalue weighted by Crippen LogP contribution is -2.20. The summed E-state index contributed by atoms with van der Waals surface area (Å²) in [7, 11) is 1.82. The van der Waals surface area contributed by atoms with Gasteiger partial charge in [0.25, 0.3) is 0 Å². The molecule has 0 aliphatic heterocycles. The van der Waals surface area contributed by atoms with Crippen molar-refractivity contribution in [2.75, 3.05) is 7.11 Å². The highest BCUT2D eigenvalue weighted by Crippen LogP contribution is 2.38. The van der Waals surface area contributed by atoms with Gasteiger partial charge in [-0.2, -0.15) is 5.10 Å². The van der Waals surface area contributed by atoms with E-state index in [0.717, 1.165) is 12.8 Å². The van der Waals surface area contributed by atoms with E-state index in [1.807, 2.05) is 0 Å². The fourth-order valence-electron chi connectivity index (χ4n) is 1.22. The third-order valence-corrected chi connectivity index (χ3v) is 3.68. The molecule has 15 heavy (non-hydrogen) atoms. The largest absolute Gasteiger partial charge is 0.491 e. The van der Waals surface area contributed by atoms with Gasteiger partial charge in [0.2, 0.25) is 0 Å². The number of hydrogen-bond acceptors (Lipinski definition) is 4. The number of rotatable bonds is 4. The number of aliphatic hydroxyl groups is 1. The standard InChI is InChI=1S/C9H13N2O3P/c1-14-8-4-6(5-12)10-11(9(8)13)15-7-2-3-7/h4,7,12,15H,2-3,5H2,1H3. The van der Waals surface area contributed by atoms with E-state index in [0.29, 0.717) is 20.1 Å². The van der Waals surface area contributed by atoms with Crippen LogP contribution in [0.5, 0.6) is 5.75 Å². The minimum atomic E-state index is -0.208. The quantitative estimate of drug-likeness (QED) is 0.755. The average Bonchev–Trinajstić information content (AvgIpc) is 3.05. The van der Waals surface area contributed by atoms with Gasteiger partial charge < -0.3 is 9.84 Å². The number of hydrogen-bond donors (Lipinski definition) is 1. The van der Waals surface area contributed by atoms with Crippen molar-refractivity contribution in [2.45, 2.75) is 25.1 Å². The Kier molecular flexibility index (Phi) is 3.03. The minimum absolute atomic E-state index is 0.175. The fraction of sp³-hybridized carbons (Fsp3) is 0.556. The summed E-state index contributed by atoms with van der Waals surface area (Å²) in [4.78, 5) is 11.7. The molecule has 2 rings (SSSR count). The van der Waals surface area contributed by atoms with E-state index >= 15 is 0 Å². The van der Waals surface area contributed by atoms with Gasteiger partial charge in [0.1, 0.15) is 0 Å². The molecule has 82 valence electrons. The van der Waals surface area contributed by atoms with E-state index in [1.165, 1.54) is 17.6 Å². The van der Waals surface area contributed by atoms with Crippen LogP contribution in [0.3, 0.4) is 0 Å². The zero-order valence-corrected chi connectivity index (χ0v) is 9.43. The van der Waals surface area contributed by atoms with Gasteiger partial charge in [0, 0.05) is 14.8 Å². The molecule has 1 atom stereocenters. The van der Waals surface area contributed by atoms with Gasteiger partial charge in [-0.1, -0.05) is 0 Å². The Bertz CT molecular complexity index is 414. The van der Waals surface area contributed by atoms with Crippen LogP contribution in [0.25, 0.3) is 0 Å². The van der Waals surface area contributed by atoms with Crippen LogP contribution in [0.15, 0.2) is 10.9 Å². The topological polar surface area (TPSA) is 64.3 Å². The van der Waals surface area contributed by atoms with Crippen molar-refractivity contribution in [1.29, 1.82) is 0 Å². The zero-order valence-electron chi connectivity index (χ0n) is 8.43. The Hall–Kier alpha value is -0.930. The van der Waals surface area contributed by atoms with E-state index in [9.17, 15) is 4.79 Å². The van der Waals surface area contributed by atoms with E-state index < -0.39 is 0 Å². The molecule has 1 aliphatic rings. The maximum atomic E-state index is 11.7. The normalized spacial score (nSPS) is 16.1. The Morgan fingerprint density at radius 1 is 1.73 bits per heavy atom. The third kappa shape index (κ3) is 2.36. The van der Waals surface area contributed by atoms with Crippen molar-refractivity contribution in [3.8, 4) is 5.75 Å². The summed E-state index contributed by atoms with van der Waals surface area (Å²) in [5, 5.41) is 13.1. The van der Waals surface area contributed by atoms with Crippen molar-refractivity contribution in [2.24, 2.45) is 0 Å². The molecular formula is C9H13N2O3P. The van der Waals surface area contributed by atoms with Crippen LogP contribution in [-0.4, -0.2) is 27.4 Å². The summed E-state index contributed by atoms with van der Waals surface area (Å²) in [6.45, 7) is -0.175. The number of methoxy groups -OCH3 is 1. The second-order valence-corrected chi connectivity index (χ2v) is 4.98. The molecular weight excluding hydrogens is 215 g/mol. The Morgan fingerprint density at radius 3 is 3.00 bits per heavy atom. The van der Waals surface area contributed by atoms with Gasteiger partial charge in [0.05, 0.1) is 19.4 Å². The highest BCUT2D eigenvalue weighted by atomic mass is 31.1. The molecule has 1 aromatic rings. The van der Waals surface area contributed by atoms with Crippen molar-refractivity contribution in [3.05, 3.63) is 22.1 Å². The average molecular weight is 228 g/mol. The van der Waals surface area contributed by atoms with Gasteiger partial charge in [-0.3, -0.25) is 4.79 Å². The Labute approximate surface area is 88.9 Å². The maximum absolute atomic E-state index is 11.7. The van der Waals surface area contributed by atoms with Crippen LogP contribution in [0.2, 0.25) is 0 Å². The van der Waals surface area contributed by atoms with Gasteiger partial charge in [0.15, 0.2) is 5.75 Å². The molecule has 1 unspecified atom stereocenters. The zero-order chi connectivity index (χ0) is 10.8. The smallest absolute Gasteiger partial charge is 0.312 e. The molecule has 1 heterocycles. The van der Waals surface area contributed by atoms with Crippen molar-refractivity contribution in [1.82, 2.24) is 9.55 Å².